The number of hydrogen-bond acceptors (Lipinski definition) is 5. The van der Waals surface area contributed by atoms with Gasteiger partial charge in [0.15, 0.2) is 5.82 Å². The molecule has 5 N–H and O–H groups in total. The van der Waals surface area contributed by atoms with Gasteiger partial charge in [-0.25, -0.2) is 4.98 Å². The first-order valence-corrected chi connectivity index (χ1v) is 10.3. The summed E-state index contributed by atoms with van der Waals surface area (Å²) in [5, 5.41) is 18.3. The van der Waals surface area contributed by atoms with E-state index in [1.165, 1.54) is 17.5 Å². The van der Waals surface area contributed by atoms with E-state index in [0.717, 1.165) is 12.0 Å². The van der Waals surface area contributed by atoms with Crippen LogP contribution in [0.15, 0.2) is 73.1 Å². The van der Waals surface area contributed by atoms with Crippen molar-refractivity contribution in [3.8, 4) is 11.4 Å². The number of carbonyl (C=O) groups is 1. The number of aryl methyl sites for hydroxylation is 1. The van der Waals surface area contributed by atoms with Crippen molar-refractivity contribution in [2.75, 3.05) is 12.3 Å². The van der Waals surface area contributed by atoms with Crippen molar-refractivity contribution in [3.63, 3.8) is 0 Å². The van der Waals surface area contributed by atoms with Gasteiger partial charge in [0.05, 0.1) is 5.71 Å². The number of carbonyl (C=O) groups excluding carboxylic acids is 1. The van der Waals surface area contributed by atoms with Crippen molar-refractivity contribution >= 4 is 17.3 Å². The molecule has 1 aromatic heterocycles. The third kappa shape index (κ3) is 4.57. The molecule has 4 aromatic rings. The van der Waals surface area contributed by atoms with Crippen molar-refractivity contribution in [1.29, 1.82) is 5.41 Å². The SMILES string of the molecule is Cc1ccccc1CCNC(=O)c1cccc(C(=N)c2cc(-c3ncn[nH]3)ccc2N)c1. The normalized spacial score (nSPS) is 10.7. The molecular formula is C25H24N6O. The third-order valence-electron chi connectivity index (χ3n) is 5.37. The van der Waals surface area contributed by atoms with Crippen LogP contribution >= 0.6 is 0 Å². The van der Waals surface area contributed by atoms with Gasteiger partial charge in [0.1, 0.15) is 6.33 Å². The van der Waals surface area contributed by atoms with Crippen LogP contribution in [0.3, 0.4) is 0 Å². The molecule has 0 spiro atoms. The van der Waals surface area contributed by atoms with Crippen LogP contribution in [0.5, 0.6) is 0 Å². The third-order valence-corrected chi connectivity index (χ3v) is 5.37. The molecule has 0 saturated carbocycles. The lowest BCUT2D eigenvalue weighted by atomic mass is 9.97. The lowest BCUT2D eigenvalue weighted by Gasteiger charge is -2.11. The minimum absolute atomic E-state index is 0.170. The molecular weight excluding hydrogens is 400 g/mol. The van der Waals surface area contributed by atoms with Gasteiger partial charge in [-0.3, -0.25) is 15.3 Å². The van der Waals surface area contributed by atoms with E-state index >= 15 is 0 Å². The van der Waals surface area contributed by atoms with Crippen LogP contribution in [0.1, 0.15) is 32.6 Å². The maximum atomic E-state index is 12.7. The number of nitrogens with two attached hydrogens (primary N) is 1. The number of aromatic amines is 1. The first-order valence-electron chi connectivity index (χ1n) is 10.3. The second-order valence-corrected chi connectivity index (χ2v) is 7.52. The predicted octanol–water partition coefficient (Wildman–Crippen LogP) is 3.75. The molecule has 0 radical (unpaired) electrons. The Morgan fingerprint density at radius 2 is 1.88 bits per heavy atom. The van der Waals surface area contributed by atoms with Gasteiger partial charge in [-0.05, 0) is 54.8 Å². The molecule has 4 rings (SSSR count). The molecule has 3 aromatic carbocycles. The zero-order valence-electron chi connectivity index (χ0n) is 17.7. The van der Waals surface area contributed by atoms with Gasteiger partial charge in [0, 0.05) is 34.5 Å². The minimum Gasteiger partial charge on any atom is -0.398 e. The fourth-order valence-electron chi connectivity index (χ4n) is 3.54. The fourth-order valence-corrected chi connectivity index (χ4v) is 3.54. The van der Waals surface area contributed by atoms with Gasteiger partial charge in [0.25, 0.3) is 5.91 Å². The number of nitrogens with zero attached hydrogens (tertiary/aromatic N) is 2. The number of benzene rings is 3. The first-order chi connectivity index (χ1) is 15.5. The lowest BCUT2D eigenvalue weighted by Crippen LogP contribution is -2.26. The summed E-state index contributed by atoms with van der Waals surface area (Å²) in [4.78, 5) is 16.8. The van der Waals surface area contributed by atoms with Crippen LogP contribution in [0, 0.1) is 12.3 Å². The predicted molar refractivity (Wildman–Crippen MR) is 126 cm³/mol. The quantitative estimate of drug-likeness (QED) is 0.267. The molecule has 0 fully saturated rings. The number of H-pyrrole nitrogens is 1. The molecule has 32 heavy (non-hydrogen) atoms. The highest BCUT2D eigenvalue weighted by Crippen LogP contribution is 2.23. The van der Waals surface area contributed by atoms with Crippen LogP contribution in [-0.2, 0) is 6.42 Å². The molecule has 7 nitrogen and oxygen atoms in total. The molecule has 0 atom stereocenters. The summed E-state index contributed by atoms with van der Waals surface area (Å²) in [5.41, 5.74) is 11.7. The Morgan fingerprint density at radius 1 is 1.06 bits per heavy atom. The Morgan fingerprint density at radius 3 is 2.66 bits per heavy atom. The highest BCUT2D eigenvalue weighted by molar-refractivity contribution is 6.15. The molecule has 0 saturated heterocycles. The van der Waals surface area contributed by atoms with E-state index < -0.39 is 0 Å². The van der Waals surface area contributed by atoms with E-state index in [0.29, 0.717) is 34.7 Å². The van der Waals surface area contributed by atoms with E-state index in [2.05, 4.69) is 39.6 Å². The second-order valence-electron chi connectivity index (χ2n) is 7.52. The Balaban J connectivity index is 1.49. The summed E-state index contributed by atoms with van der Waals surface area (Å²) in [5.74, 6) is 0.428. The highest BCUT2D eigenvalue weighted by atomic mass is 16.1. The van der Waals surface area contributed by atoms with Gasteiger partial charge in [-0.1, -0.05) is 36.4 Å². The summed E-state index contributed by atoms with van der Waals surface area (Å²) in [6.45, 7) is 2.60. The first kappa shape index (κ1) is 21.0. The number of nitrogen functional groups attached to an aromatic ring is 1. The van der Waals surface area contributed by atoms with E-state index in [4.69, 9.17) is 11.1 Å². The van der Waals surface area contributed by atoms with Crippen molar-refractivity contribution in [2.45, 2.75) is 13.3 Å². The number of nitrogens with one attached hydrogen (secondary N) is 3. The number of anilines is 1. The van der Waals surface area contributed by atoms with Gasteiger partial charge in [-0.2, -0.15) is 5.10 Å². The van der Waals surface area contributed by atoms with E-state index in [-0.39, 0.29) is 11.6 Å². The zero-order chi connectivity index (χ0) is 22.5. The standard InChI is InChI=1S/C25H24N6O/c1-16-5-2-3-6-17(16)11-12-28-25(32)20-8-4-7-18(13-20)23(27)21-14-19(9-10-22(21)26)24-29-15-30-31-24/h2-10,13-15,27H,11-12,26H2,1H3,(H,28,32)(H,29,30,31). The Bertz CT molecular complexity index is 1260. The van der Waals surface area contributed by atoms with E-state index in [9.17, 15) is 4.79 Å². The summed E-state index contributed by atoms with van der Waals surface area (Å²) < 4.78 is 0. The Hall–Kier alpha value is -4.26. The number of hydrogen-bond donors (Lipinski definition) is 4. The lowest BCUT2D eigenvalue weighted by molar-refractivity contribution is 0.0954. The van der Waals surface area contributed by atoms with E-state index in [1.54, 1.807) is 36.4 Å². The molecule has 7 heteroatoms. The summed E-state index contributed by atoms with van der Waals surface area (Å²) in [6.07, 6.45) is 2.19. The number of aromatic nitrogens is 3. The molecule has 0 bridgehead atoms. The number of amides is 1. The summed E-state index contributed by atoms with van der Waals surface area (Å²) in [7, 11) is 0. The van der Waals surface area contributed by atoms with Gasteiger partial charge >= 0.3 is 0 Å². The van der Waals surface area contributed by atoms with Gasteiger partial charge in [0.2, 0.25) is 0 Å². The molecule has 0 aliphatic rings. The molecule has 0 unspecified atom stereocenters. The molecule has 1 heterocycles. The maximum Gasteiger partial charge on any atom is 0.251 e. The average Bonchev–Trinajstić information content (AvgIpc) is 3.35. The average molecular weight is 425 g/mol. The van der Waals surface area contributed by atoms with Crippen molar-refractivity contribution < 1.29 is 4.79 Å². The van der Waals surface area contributed by atoms with Gasteiger partial charge in [-0.15, -0.1) is 0 Å². The van der Waals surface area contributed by atoms with Crippen LogP contribution in [0.4, 0.5) is 5.69 Å². The fraction of sp³-hybridized carbons (Fsp3) is 0.120. The number of rotatable bonds is 7. The molecule has 160 valence electrons. The highest BCUT2D eigenvalue weighted by Gasteiger charge is 2.14. The summed E-state index contributed by atoms with van der Waals surface area (Å²) >= 11 is 0. The van der Waals surface area contributed by atoms with Crippen molar-refractivity contribution in [1.82, 2.24) is 20.5 Å². The smallest absolute Gasteiger partial charge is 0.251 e. The second kappa shape index (κ2) is 9.26. The van der Waals surface area contributed by atoms with Crippen molar-refractivity contribution in [3.05, 3.63) is 101 Å². The minimum atomic E-state index is -0.170. The Labute approximate surface area is 186 Å². The maximum absolute atomic E-state index is 12.7. The largest absolute Gasteiger partial charge is 0.398 e. The van der Waals surface area contributed by atoms with Crippen LogP contribution in [-0.4, -0.2) is 33.3 Å². The van der Waals surface area contributed by atoms with Crippen molar-refractivity contribution in [2.24, 2.45) is 0 Å². The molecule has 1 amide bonds. The summed E-state index contributed by atoms with van der Waals surface area (Å²) in [6, 6.07) is 20.5. The van der Waals surface area contributed by atoms with Gasteiger partial charge < -0.3 is 11.1 Å². The van der Waals surface area contributed by atoms with Crippen LogP contribution in [0.25, 0.3) is 11.4 Å². The van der Waals surface area contributed by atoms with Crippen LogP contribution in [0.2, 0.25) is 0 Å². The molecule has 0 aliphatic carbocycles. The topological polar surface area (TPSA) is 121 Å². The van der Waals surface area contributed by atoms with E-state index in [1.807, 2.05) is 18.2 Å². The monoisotopic (exact) mass is 424 g/mol. The molecule has 0 aliphatic heterocycles. The van der Waals surface area contributed by atoms with Crippen LogP contribution < -0.4 is 11.1 Å². The Kier molecular flexibility index (Phi) is 6.07. The zero-order valence-corrected chi connectivity index (χ0v) is 17.7.